The van der Waals surface area contributed by atoms with Crippen LogP contribution < -0.4 is 15.4 Å². The summed E-state index contributed by atoms with van der Waals surface area (Å²) in [4.78, 5) is 28.3. The number of carbonyl (C=O) groups excluding carboxylic acids is 1. The fourth-order valence-corrected chi connectivity index (χ4v) is 9.12. The molecule has 3 fully saturated rings. The Hall–Kier alpha value is -4.89. The predicted molar refractivity (Wildman–Crippen MR) is 187 cm³/mol. The lowest BCUT2D eigenvalue weighted by atomic mass is 9.94. The van der Waals surface area contributed by atoms with Crippen LogP contribution in [-0.4, -0.2) is 96.5 Å². The second kappa shape index (κ2) is 13.1. The summed E-state index contributed by atoms with van der Waals surface area (Å²) in [6.07, 6.45) is 3.12. The summed E-state index contributed by atoms with van der Waals surface area (Å²) in [5.41, 5.74) is 7.44. The molecule has 11 nitrogen and oxygen atoms in total. The van der Waals surface area contributed by atoms with E-state index in [1.54, 1.807) is 30.2 Å². The number of ether oxygens (including phenoxy) is 2. The summed E-state index contributed by atoms with van der Waals surface area (Å²) in [5, 5.41) is 21.5. The van der Waals surface area contributed by atoms with Crippen molar-refractivity contribution >= 4 is 49.1 Å². The van der Waals surface area contributed by atoms with Crippen LogP contribution in [0.1, 0.15) is 36.8 Å². The van der Waals surface area contributed by atoms with Gasteiger partial charge in [0.2, 0.25) is 5.91 Å². The molecule has 5 heterocycles. The number of halogens is 2. The lowest BCUT2D eigenvalue weighted by Gasteiger charge is -2.34. The van der Waals surface area contributed by atoms with Gasteiger partial charge < -0.3 is 25.0 Å². The highest BCUT2D eigenvalue weighted by atomic mass is 32.1. The lowest BCUT2D eigenvalue weighted by molar-refractivity contribution is -0.127. The van der Waals surface area contributed by atoms with Crippen molar-refractivity contribution in [1.29, 1.82) is 10.5 Å². The number of alkyl halides is 1. The van der Waals surface area contributed by atoms with Crippen LogP contribution >= 0.6 is 11.3 Å². The number of thiophene rings is 1. The third kappa shape index (κ3) is 5.48. The van der Waals surface area contributed by atoms with E-state index in [0.717, 1.165) is 30.7 Å². The molecule has 14 heteroatoms. The highest BCUT2D eigenvalue weighted by Gasteiger charge is 2.49. The summed E-state index contributed by atoms with van der Waals surface area (Å²) in [6, 6.07) is 10.2. The number of amides is 1. The second-order valence-corrected chi connectivity index (χ2v) is 14.3. The number of benzene rings is 2. The van der Waals surface area contributed by atoms with Crippen LogP contribution in [0.15, 0.2) is 36.9 Å². The highest BCUT2D eigenvalue weighted by molar-refractivity contribution is 7.23. The minimum absolute atomic E-state index is 0.0839. The van der Waals surface area contributed by atoms with E-state index in [1.807, 2.05) is 11.9 Å². The molecule has 0 radical (unpaired) electrons. The number of nitrogen functional groups attached to an aromatic ring is 1. The summed E-state index contributed by atoms with van der Waals surface area (Å²) < 4.78 is 41.7. The SMILES string of the molecule is C=CC(=O)N1CCC(N(C)c2nc(OCC34CCCN3CC(F)C4)nc3cc(-c4ccc(F)c5sc(N)c(C#N)c45)c(C#N)cc23)C1COC. The van der Waals surface area contributed by atoms with Crippen molar-refractivity contribution in [2.45, 2.75) is 49.5 Å². The molecule has 0 spiro atoms. The normalized spacial score (nSPS) is 23.2. The fraction of sp³-hybridized carbons (Fsp3) is 0.417. The Kier molecular flexibility index (Phi) is 8.80. The number of likely N-dealkylation sites (tertiary alicyclic amines) is 1. The summed E-state index contributed by atoms with van der Waals surface area (Å²) in [7, 11) is 3.46. The zero-order valence-corrected chi connectivity index (χ0v) is 28.6. The predicted octanol–water partition coefficient (Wildman–Crippen LogP) is 5.17. The van der Waals surface area contributed by atoms with Gasteiger partial charge in [-0.2, -0.15) is 20.5 Å². The number of methoxy groups -OCH3 is 1. The van der Waals surface area contributed by atoms with Gasteiger partial charge in [-0.1, -0.05) is 12.6 Å². The second-order valence-electron chi connectivity index (χ2n) is 13.2. The van der Waals surface area contributed by atoms with Crippen LogP contribution in [0.25, 0.3) is 32.1 Å². The standard InChI is InChI=1S/C36H36F2N8O3S/c1-4-30(47)46-11-8-28(29(46)18-48-3)44(2)34-24-12-20(15-39)23(22-6-7-26(38)32-31(22)25(16-40)33(41)50-32)13-27(24)42-35(43-34)49-19-36-9-5-10-45(36)17-21(37)14-36/h4,6-7,12-13,21,28-29H,1,5,8-11,14,17-19,41H2,2-3H3. The number of hydrogen-bond donors (Lipinski definition) is 1. The number of likely N-dealkylation sites (N-methyl/N-ethyl adjacent to an activating group) is 1. The first-order valence-electron chi connectivity index (χ1n) is 16.5. The Bertz CT molecular complexity index is 2110. The van der Waals surface area contributed by atoms with Crippen LogP contribution in [0.2, 0.25) is 0 Å². The molecule has 4 atom stereocenters. The molecule has 4 unspecified atom stereocenters. The third-order valence-electron chi connectivity index (χ3n) is 10.5. The molecule has 0 bridgehead atoms. The maximum absolute atomic E-state index is 15.0. The number of hydrogen-bond acceptors (Lipinski definition) is 11. The van der Waals surface area contributed by atoms with E-state index in [2.05, 4.69) is 23.6 Å². The number of nitriles is 2. The molecule has 3 saturated heterocycles. The molecule has 4 aromatic rings. The first-order valence-corrected chi connectivity index (χ1v) is 17.3. The molecule has 0 aliphatic carbocycles. The van der Waals surface area contributed by atoms with Crippen LogP contribution in [0.4, 0.5) is 19.6 Å². The number of nitrogens with two attached hydrogens (primary N) is 1. The zero-order chi connectivity index (χ0) is 35.3. The Morgan fingerprint density at radius 3 is 2.82 bits per heavy atom. The topological polar surface area (TPSA) is 145 Å². The molecule has 258 valence electrons. The summed E-state index contributed by atoms with van der Waals surface area (Å²) >= 11 is 0.982. The van der Waals surface area contributed by atoms with Crippen molar-refractivity contribution < 1.29 is 23.0 Å². The van der Waals surface area contributed by atoms with Gasteiger partial charge in [0.25, 0.3) is 0 Å². The zero-order valence-electron chi connectivity index (χ0n) is 27.8. The lowest BCUT2D eigenvalue weighted by Crippen LogP contribution is -2.48. The molecular formula is C36H36F2N8O3S. The van der Waals surface area contributed by atoms with Gasteiger partial charge in [-0.3, -0.25) is 9.69 Å². The molecule has 3 aliphatic heterocycles. The molecular weight excluding hydrogens is 663 g/mol. The van der Waals surface area contributed by atoms with E-state index in [1.165, 1.54) is 12.1 Å². The van der Waals surface area contributed by atoms with Gasteiger partial charge in [0.05, 0.1) is 51.6 Å². The Morgan fingerprint density at radius 1 is 1.26 bits per heavy atom. The van der Waals surface area contributed by atoms with Gasteiger partial charge in [-0.25, -0.2) is 8.78 Å². The van der Waals surface area contributed by atoms with Crippen molar-refractivity contribution in [2.75, 3.05) is 57.6 Å². The summed E-state index contributed by atoms with van der Waals surface area (Å²) in [6.45, 7) is 5.83. The Balaban J connectivity index is 1.38. The van der Waals surface area contributed by atoms with Gasteiger partial charge in [-0.05, 0) is 55.6 Å². The van der Waals surface area contributed by atoms with E-state index in [9.17, 15) is 24.1 Å². The Labute approximate surface area is 292 Å². The van der Waals surface area contributed by atoms with E-state index < -0.39 is 17.5 Å². The van der Waals surface area contributed by atoms with Gasteiger partial charge in [0.1, 0.15) is 35.5 Å². The third-order valence-corrected chi connectivity index (χ3v) is 11.5. The quantitative estimate of drug-likeness (QED) is 0.233. The maximum Gasteiger partial charge on any atom is 0.319 e. The van der Waals surface area contributed by atoms with Gasteiger partial charge >= 0.3 is 6.01 Å². The van der Waals surface area contributed by atoms with E-state index in [0.29, 0.717) is 59.2 Å². The number of fused-ring (bicyclic) bond motifs is 3. The molecule has 7 rings (SSSR count). The van der Waals surface area contributed by atoms with Crippen LogP contribution in [0, 0.1) is 28.5 Å². The van der Waals surface area contributed by atoms with Crippen LogP contribution in [0.5, 0.6) is 6.01 Å². The molecule has 50 heavy (non-hydrogen) atoms. The van der Waals surface area contributed by atoms with Crippen molar-refractivity contribution in [3.8, 4) is 29.3 Å². The Morgan fingerprint density at radius 2 is 2.08 bits per heavy atom. The molecule has 2 N–H and O–H groups in total. The molecule has 3 aliphatic rings. The van der Waals surface area contributed by atoms with Crippen molar-refractivity contribution in [3.63, 3.8) is 0 Å². The number of anilines is 2. The molecule has 2 aromatic heterocycles. The first-order chi connectivity index (χ1) is 24.1. The minimum atomic E-state index is -0.927. The number of rotatable bonds is 9. The number of aromatic nitrogens is 2. The number of nitrogens with zero attached hydrogens (tertiary/aromatic N) is 7. The largest absolute Gasteiger partial charge is 0.461 e. The minimum Gasteiger partial charge on any atom is -0.461 e. The van der Waals surface area contributed by atoms with Crippen molar-refractivity contribution in [2.24, 2.45) is 0 Å². The fourth-order valence-electron chi connectivity index (χ4n) is 8.17. The highest BCUT2D eigenvalue weighted by Crippen LogP contribution is 2.44. The van der Waals surface area contributed by atoms with Crippen LogP contribution in [-0.2, 0) is 9.53 Å². The average molecular weight is 699 g/mol. The van der Waals surface area contributed by atoms with Crippen LogP contribution in [0.3, 0.4) is 0 Å². The van der Waals surface area contributed by atoms with Crippen molar-refractivity contribution in [1.82, 2.24) is 19.8 Å². The average Bonchev–Trinajstić information content (AvgIpc) is 3.87. The van der Waals surface area contributed by atoms with Crippen molar-refractivity contribution in [3.05, 3.63) is 53.9 Å². The van der Waals surface area contributed by atoms with Gasteiger partial charge in [0.15, 0.2) is 0 Å². The maximum atomic E-state index is 15.0. The monoisotopic (exact) mass is 698 g/mol. The van der Waals surface area contributed by atoms with Gasteiger partial charge in [0, 0.05) is 50.0 Å². The number of carbonyl (C=O) groups is 1. The smallest absolute Gasteiger partial charge is 0.319 e. The molecule has 0 saturated carbocycles. The first kappa shape index (κ1) is 33.6. The van der Waals surface area contributed by atoms with Gasteiger partial charge in [-0.15, -0.1) is 11.3 Å². The molecule has 1 amide bonds. The van der Waals surface area contributed by atoms with E-state index >= 15 is 0 Å². The summed E-state index contributed by atoms with van der Waals surface area (Å²) in [5.74, 6) is -0.239. The van der Waals surface area contributed by atoms with E-state index in [-0.39, 0.29) is 58.0 Å². The molecule has 2 aromatic carbocycles. The van der Waals surface area contributed by atoms with E-state index in [4.69, 9.17) is 25.2 Å².